The number of amides is 1. The monoisotopic (exact) mass is 299 g/mol. The van der Waals surface area contributed by atoms with E-state index in [-0.39, 0.29) is 18.0 Å². The average molecular weight is 299 g/mol. The van der Waals surface area contributed by atoms with Crippen molar-refractivity contribution in [3.63, 3.8) is 0 Å². The SMILES string of the molecule is CCCCCCCCC(CCC(C)=O)OC(=O)NCCC. The highest BCUT2D eigenvalue weighted by molar-refractivity contribution is 5.75. The molecule has 1 atom stereocenters. The zero-order valence-corrected chi connectivity index (χ0v) is 14.1. The second-order valence-corrected chi connectivity index (χ2v) is 5.75. The van der Waals surface area contributed by atoms with Crippen molar-refractivity contribution in [1.29, 1.82) is 0 Å². The molecule has 0 aromatic rings. The van der Waals surface area contributed by atoms with Crippen LogP contribution in [0.3, 0.4) is 0 Å². The number of unbranched alkanes of at least 4 members (excludes halogenated alkanes) is 5. The largest absolute Gasteiger partial charge is 0.446 e. The molecule has 21 heavy (non-hydrogen) atoms. The lowest BCUT2D eigenvalue weighted by atomic mass is 10.0. The van der Waals surface area contributed by atoms with Gasteiger partial charge in [0.2, 0.25) is 0 Å². The van der Waals surface area contributed by atoms with Gasteiger partial charge in [0.05, 0.1) is 0 Å². The van der Waals surface area contributed by atoms with Crippen LogP contribution in [-0.4, -0.2) is 24.5 Å². The molecule has 0 spiro atoms. The molecule has 4 nitrogen and oxygen atoms in total. The molecule has 0 aromatic carbocycles. The van der Waals surface area contributed by atoms with Gasteiger partial charge in [0.15, 0.2) is 0 Å². The molecule has 1 N–H and O–H groups in total. The first-order chi connectivity index (χ1) is 10.1. The number of ketones is 1. The number of hydrogen-bond donors (Lipinski definition) is 1. The fourth-order valence-electron chi connectivity index (χ4n) is 2.20. The maximum Gasteiger partial charge on any atom is 0.407 e. The zero-order valence-electron chi connectivity index (χ0n) is 14.1. The summed E-state index contributed by atoms with van der Waals surface area (Å²) in [4.78, 5) is 22.7. The summed E-state index contributed by atoms with van der Waals surface area (Å²) in [6.07, 6.45) is 9.72. The molecule has 0 aliphatic carbocycles. The molecule has 0 saturated carbocycles. The van der Waals surface area contributed by atoms with Gasteiger partial charge in [-0.3, -0.25) is 0 Å². The number of rotatable bonds is 13. The van der Waals surface area contributed by atoms with Crippen molar-refractivity contribution in [2.24, 2.45) is 0 Å². The quantitative estimate of drug-likeness (QED) is 0.505. The normalized spacial score (nSPS) is 12.0. The third-order valence-corrected chi connectivity index (χ3v) is 3.49. The number of hydrogen-bond acceptors (Lipinski definition) is 3. The Morgan fingerprint density at radius 3 is 2.24 bits per heavy atom. The summed E-state index contributed by atoms with van der Waals surface area (Å²) in [6, 6.07) is 0. The van der Waals surface area contributed by atoms with Crippen molar-refractivity contribution < 1.29 is 14.3 Å². The minimum absolute atomic E-state index is 0.128. The molecule has 0 aliphatic heterocycles. The summed E-state index contributed by atoms with van der Waals surface area (Å²) >= 11 is 0. The van der Waals surface area contributed by atoms with Crippen LogP contribution < -0.4 is 5.32 Å². The first-order valence-corrected chi connectivity index (χ1v) is 8.54. The van der Waals surface area contributed by atoms with E-state index in [0.717, 1.165) is 19.3 Å². The van der Waals surface area contributed by atoms with Crippen LogP contribution in [0.4, 0.5) is 4.79 Å². The van der Waals surface area contributed by atoms with E-state index in [4.69, 9.17) is 4.74 Å². The van der Waals surface area contributed by atoms with Crippen LogP contribution in [0.2, 0.25) is 0 Å². The van der Waals surface area contributed by atoms with Crippen molar-refractivity contribution in [2.75, 3.05) is 6.54 Å². The van der Waals surface area contributed by atoms with Gasteiger partial charge in [-0.25, -0.2) is 4.79 Å². The minimum Gasteiger partial charge on any atom is -0.446 e. The highest BCUT2D eigenvalue weighted by atomic mass is 16.6. The van der Waals surface area contributed by atoms with Crippen molar-refractivity contribution in [2.45, 2.75) is 91.1 Å². The van der Waals surface area contributed by atoms with Crippen molar-refractivity contribution in [3.8, 4) is 0 Å². The van der Waals surface area contributed by atoms with Gasteiger partial charge in [-0.05, 0) is 32.6 Å². The fourth-order valence-corrected chi connectivity index (χ4v) is 2.20. The van der Waals surface area contributed by atoms with E-state index < -0.39 is 0 Å². The summed E-state index contributed by atoms with van der Waals surface area (Å²) in [5, 5.41) is 2.72. The highest BCUT2D eigenvalue weighted by Gasteiger charge is 2.14. The van der Waals surface area contributed by atoms with Crippen LogP contribution in [0.15, 0.2) is 0 Å². The van der Waals surface area contributed by atoms with E-state index in [0.29, 0.717) is 19.4 Å². The molecular weight excluding hydrogens is 266 g/mol. The van der Waals surface area contributed by atoms with Crippen LogP contribution in [0.25, 0.3) is 0 Å². The summed E-state index contributed by atoms with van der Waals surface area (Å²) in [5.74, 6) is 0.153. The molecule has 1 unspecified atom stereocenters. The van der Waals surface area contributed by atoms with Gasteiger partial charge in [0.25, 0.3) is 0 Å². The van der Waals surface area contributed by atoms with Gasteiger partial charge in [0, 0.05) is 13.0 Å². The average Bonchev–Trinajstić information content (AvgIpc) is 2.45. The molecule has 124 valence electrons. The van der Waals surface area contributed by atoms with E-state index in [9.17, 15) is 9.59 Å². The number of nitrogens with one attached hydrogen (secondary N) is 1. The Bertz CT molecular complexity index is 279. The molecule has 0 saturated heterocycles. The van der Waals surface area contributed by atoms with Crippen molar-refractivity contribution in [1.82, 2.24) is 5.32 Å². The summed E-state index contributed by atoms with van der Waals surface area (Å²) in [6.45, 7) is 6.43. The van der Waals surface area contributed by atoms with Gasteiger partial charge in [-0.15, -0.1) is 0 Å². The van der Waals surface area contributed by atoms with Crippen LogP contribution in [-0.2, 0) is 9.53 Å². The van der Waals surface area contributed by atoms with E-state index in [1.807, 2.05) is 6.92 Å². The van der Waals surface area contributed by atoms with E-state index >= 15 is 0 Å². The Kier molecular flexibility index (Phi) is 13.2. The smallest absolute Gasteiger partial charge is 0.407 e. The lowest BCUT2D eigenvalue weighted by Gasteiger charge is -2.17. The Labute approximate surface area is 130 Å². The molecule has 0 heterocycles. The van der Waals surface area contributed by atoms with Crippen molar-refractivity contribution >= 4 is 11.9 Å². The molecule has 1 amide bonds. The summed E-state index contributed by atoms with van der Waals surface area (Å²) < 4.78 is 5.43. The fraction of sp³-hybridized carbons (Fsp3) is 0.882. The number of carbonyl (C=O) groups excluding carboxylic acids is 2. The van der Waals surface area contributed by atoms with Gasteiger partial charge in [-0.2, -0.15) is 0 Å². The van der Waals surface area contributed by atoms with Crippen LogP contribution in [0.1, 0.15) is 85.0 Å². The van der Waals surface area contributed by atoms with Crippen LogP contribution in [0.5, 0.6) is 0 Å². The van der Waals surface area contributed by atoms with E-state index in [2.05, 4.69) is 12.2 Å². The molecule has 0 rings (SSSR count). The third kappa shape index (κ3) is 13.7. The maximum absolute atomic E-state index is 11.6. The van der Waals surface area contributed by atoms with Gasteiger partial charge in [-0.1, -0.05) is 46.0 Å². The van der Waals surface area contributed by atoms with E-state index in [1.54, 1.807) is 6.92 Å². The first kappa shape index (κ1) is 19.9. The highest BCUT2D eigenvalue weighted by Crippen LogP contribution is 2.14. The molecular formula is C17H33NO3. The number of alkyl carbamates (subject to hydrolysis) is 1. The Morgan fingerprint density at radius 1 is 0.952 bits per heavy atom. The molecule has 4 heteroatoms. The molecule has 0 fully saturated rings. The van der Waals surface area contributed by atoms with Crippen molar-refractivity contribution in [3.05, 3.63) is 0 Å². The maximum atomic E-state index is 11.6. The number of ether oxygens (including phenoxy) is 1. The summed E-state index contributed by atoms with van der Waals surface area (Å²) in [7, 11) is 0. The van der Waals surface area contributed by atoms with Gasteiger partial charge in [0.1, 0.15) is 11.9 Å². The number of Topliss-reactive ketones (excluding diaryl/α,β-unsaturated/α-hetero) is 1. The lowest BCUT2D eigenvalue weighted by Crippen LogP contribution is -2.29. The van der Waals surface area contributed by atoms with E-state index in [1.165, 1.54) is 32.1 Å². The standard InChI is InChI=1S/C17H33NO3/c1-4-6-7-8-9-10-11-16(13-12-15(3)19)21-17(20)18-14-5-2/h16H,4-14H2,1-3H3,(H,18,20). The Hall–Kier alpha value is -1.06. The minimum atomic E-state index is -0.351. The third-order valence-electron chi connectivity index (χ3n) is 3.49. The first-order valence-electron chi connectivity index (χ1n) is 8.54. The Morgan fingerprint density at radius 2 is 1.62 bits per heavy atom. The predicted octanol–water partition coefficient (Wildman–Crippen LogP) is 4.61. The lowest BCUT2D eigenvalue weighted by molar-refractivity contribution is -0.117. The summed E-state index contributed by atoms with van der Waals surface area (Å²) in [5.41, 5.74) is 0. The van der Waals surface area contributed by atoms with Gasteiger partial charge < -0.3 is 14.8 Å². The Balaban J connectivity index is 3.95. The number of carbonyl (C=O) groups is 2. The zero-order chi connectivity index (χ0) is 15.9. The molecule has 0 aromatic heterocycles. The van der Waals surface area contributed by atoms with Gasteiger partial charge >= 0.3 is 6.09 Å². The predicted molar refractivity (Wildman–Crippen MR) is 86.5 cm³/mol. The molecule has 0 radical (unpaired) electrons. The second kappa shape index (κ2) is 13.9. The molecule has 0 aliphatic rings. The van der Waals surface area contributed by atoms with Crippen LogP contribution in [0, 0.1) is 0 Å². The van der Waals surface area contributed by atoms with Crippen LogP contribution >= 0.6 is 0 Å². The topological polar surface area (TPSA) is 55.4 Å². The second-order valence-electron chi connectivity index (χ2n) is 5.75. The molecule has 0 bridgehead atoms.